The molecule has 3 aromatic heterocycles. The standard InChI is InChI=1S/C21H22ClN7O2/c1-13(17-6-7-20(22)26-24-17)28-12-18(25-27-28)15-9-14(30-2)10-19-16(15)11-23-29(19)21-5-3-4-8-31-21/h6-7,9-13,21H,3-5,8H2,1-2H3. The molecule has 31 heavy (non-hydrogen) atoms. The highest BCUT2D eigenvalue weighted by Crippen LogP contribution is 2.35. The van der Waals surface area contributed by atoms with Crippen LogP contribution in [0, 0.1) is 0 Å². The van der Waals surface area contributed by atoms with Gasteiger partial charge in [-0.05, 0) is 44.4 Å². The molecular weight excluding hydrogens is 418 g/mol. The predicted molar refractivity (Wildman–Crippen MR) is 115 cm³/mol. The summed E-state index contributed by atoms with van der Waals surface area (Å²) in [6.07, 6.45) is 6.84. The molecule has 0 radical (unpaired) electrons. The lowest BCUT2D eigenvalue weighted by Crippen LogP contribution is -2.18. The summed E-state index contributed by atoms with van der Waals surface area (Å²) in [7, 11) is 1.65. The van der Waals surface area contributed by atoms with Gasteiger partial charge in [0.05, 0.1) is 36.8 Å². The molecule has 4 aromatic rings. The lowest BCUT2D eigenvalue weighted by molar-refractivity contribution is -0.0366. The van der Waals surface area contributed by atoms with Crippen molar-refractivity contribution in [2.45, 2.75) is 38.5 Å². The van der Waals surface area contributed by atoms with Gasteiger partial charge in [-0.15, -0.1) is 10.2 Å². The van der Waals surface area contributed by atoms with Crippen LogP contribution in [0.5, 0.6) is 5.75 Å². The summed E-state index contributed by atoms with van der Waals surface area (Å²) in [6, 6.07) is 7.34. The Bertz CT molecular complexity index is 1200. The summed E-state index contributed by atoms with van der Waals surface area (Å²) < 4.78 is 15.2. The van der Waals surface area contributed by atoms with E-state index >= 15 is 0 Å². The van der Waals surface area contributed by atoms with Crippen molar-refractivity contribution in [3.05, 3.63) is 47.5 Å². The lowest BCUT2D eigenvalue weighted by Gasteiger charge is -2.23. The van der Waals surface area contributed by atoms with Crippen molar-refractivity contribution in [1.29, 1.82) is 0 Å². The van der Waals surface area contributed by atoms with E-state index < -0.39 is 0 Å². The predicted octanol–water partition coefficient (Wildman–Crippen LogP) is 4.06. The van der Waals surface area contributed by atoms with E-state index in [1.165, 1.54) is 0 Å². The van der Waals surface area contributed by atoms with Gasteiger partial charge in [0.25, 0.3) is 0 Å². The number of nitrogens with zero attached hydrogens (tertiary/aromatic N) is 7. The Morgan fingerprint density at radius 3 is 2.84 bits per heavy atom. The monoisotopic (exact) mass is 439 g/mol. The molecule has 9 nitrogen and oxygen atoms in total. The van der Waals surface area contributed by atoms with Gasteiger partial charge in [-0.2, -0.15) is 10.2 Å². The average molecular weight is 440 g/mol. The van der Waals surface area contributed by atoms with E-state index in [0.29, 0.717) is 5.15 Å². The summed E-state index contributed by atoms with van der Waals surface area (Å²) in [5.74, 6) is 0.728. The van der Waals surface area contributed by atoms with Crippen LogP contribution in [0.3, 0.4) is 0 Å². The fraction of sp³-hybridized carbons (Fsp3) is 0.381. The highest BCUT2D eigenvalue weighted by atomic mass is 35.5. The summed E-state index contributed by atoms with van der Waals surface area (Å²) in [5.41, 5.74) is 3.32. The molecule has 10 heteroatoms. The van der Waals surface area contributed by atoms with Crippen LogP contribution in [0.15, 0.2) is 36.7 Å². The lowest BCUT2D eigenvalue weighted by atomic mass is 10.1. The quantitative estimate of drug-likeness (QED) is 0.463. The number of halogens is 1. The van der Waals surface area contributed by atoms with Crippen LogP contribution in [0.4, 0.5) is 0 Å². The maximum absolute atomic E-state index is 5.95. The zero-order valence-corrected chi connectivity index (χ0v) is 18.0. The number of hydrogen-bond donors (Lipinski definition) is 0. The van der Waals surface area contributed by atoms with Crippen LogP contribution in [-0.2, 0) is 4.74 Å². The van der Waals surface area contributed by atoms with Crippen LogP contribution in [0.2, 0.25) is 5.15 Å². The topological polar surface area (TPSA) is 92.8 Å². The van der Waals surface area contributed by atoms with Crippen LogP contribution in [0.25, 0.3) is 22.2 Å². The molecule has 1 aromatic carbocycles. The van der Waals surface area contributed by atoms with E-state index in [-0.39, 0.29) is 12.3 Å². The van der Waals surface area contributed by atoms with Crippen LogP contribution in [0.1, 0.15) is 44.1 Å². The van der Waals surface area contributed by atoms with E-state index in [1.807, 2.05) is 42.2 Å². The van der Waals surface area contributed by atoms with E-state index in [9.17, 15) is 0 Å². The minimum atomic E-state index is -0.148. The Morgan fingerprint density at radius 2 is 2.10 bits per heavy atom. The molecule has 0 saturated carbocycles. The second-order valence-electron chi connectivity index (χ2n) is 7.56. The zero-order valence-electron chi connectivity index (χ0n) is 17.3. The van der Waals surface area contributed by atoms with Crippen molar-refractivity contribution >= 4 is 22.5 Å². The first-order valence-corrected chi connectivity index (χ1v) is 10.6. The Morgan fingerprint density at radius 1 is 1.19 bits per heavy atom. The average Bonchev–Trinajstić information content (AvgIpc) is 3.47. The molecule has 1 aliphatic rings. The van der Waals surface area contributed by atoms with Crippen molar-refractivity contribution in [2.24, 2.45) is 0 Å². The molecule has 1 saturated heterocycles. The second-order valence-corrected chi connectivity index (χ2v) is 7.95. The van der Waals surface area contributed by atoms with Gasteiger partial charge in [-0.25, -0.2) is 9.36 Å². The third-order valence-corrected chi connectivity index (χ3v) is 5.82. The van der Waals surface area contributed by atoms with Crippen LogP contribution >= 0.6 is 11.6 Å². The van der Waals surface area contributed by atoms with Gasteiger partial charge < -0.3 is 9.47 Å². The first-order valence-electron chi connectivity index (χ1n) is 10.2. The first kappa shape index (κ1) is 19.9. The van der Waals surface area contributed by atoms with Gasteiger partial charge in [0, 0.05) is 23.6 Å². The Hall–Kier alpha value is -3.04. The highest BCUT2D eigenvalue weighted by molar-refractivity contribution is 6.29. The largest absolute Gasteiger partial charge is 0.497 e. The summed E-state index contributed by atoms with van der Waals surface area (Å²) in [5, 5.41) is 22.8. The molecule has 2 atom stereocenters. The van der Waals surface area contributed by atoms with Gasteiger partial charge in [-0.1, -0.05) is 16.8 Å². The molecule has 1 aliphatic heterocycles. The number of methoxy groups -OCH3 is 1. The van der Waals surface area contributed by atoms with Crippen LogP contribution < -0.4 is 4.74 Å². The number of benzene rings is 1. The fourth-order valence-electron chi connectivity index (χ4n) is 3.87. The van der Waals surface area contributed by atoms with Gasteiger partial charge in [-0.3, -0.25) is 0 Å². The normalized spacial score (nSPS) is 17.7. The third-order valence-electron chi connectivity index (χ3n) is 5.62. The van der Waals surface area contributed by atoms with Crippen molar-refractivity contribution in [2.75, 3.05) is 13.7 Å². The van der Waals surface area contributed by atoms with E-state index in [1.54, 1.807) is 17.9 Å². The molecule has 4 heterocycles. The minimum Gasteiger partial charge on any atom is -0.497 e. The van der Waals surface area contributed by atoms with Crippen molar-refractivity contribution in [3.63, 3.8) is 0 Å². The third kappa shape index (κ3) is 3.75. The smallest absolute Gasteiger partial charge is 0.151 e. The number of fused-ring (bicyclic) bond motifs is 1. The van der Waals surface area contributed by atoms with Gasteiger partial charge in [0.1, 0.15) is 11.4 Å². The molecule has 160 valence electrons. The van der Waals surface area contributed by atoms with Gasteiger partial charge in [0.15, 0.2) is 11.4 Å². The molecule has 0 N–H and O–H groups in total. The summed E-state index contributed by atoms with van der Waals surface area (Å²) in [6.45, 7) is 2.73. The molecule has 2 unspecified atom stereocenters. The molecule has 0 spiro atoms. The van der Waals surface area contributed by atoms with Gasteiger partial charge in [0.2, 0.25) is 0 Å². The Balaban J connectivity index is 1.54. The molecule has 5 rings (SSSR count). The maximum Gasteiger partial charge on any atom is 0.151 e. The van der Waals surface area contributed by atoms with Crippen molar-refractivity contribution in [3.8, 4) is 17.0 Å². The number of ether oxygens (including phenoxy) is 2. The summed E-state index contributed by atoms with van der Waals surface area (Å²) >= 11 is 5.85. The highest BCUT2D eigenvalue weighted by Gasteiger charge is 2.22. The Labute approximate surface area is 183 Å². The second kappa shape index (κ2) is 8.24. The van der Waals surface area contributed by atoms with Gasteiger partial charge >= 0.3 is 0 Å². The van der Waals surface area contributed by atoms with Crippen molar-refractivity contribution in [1.82, 2.24) is 35.0 Å². The summed E-state index contributed by atoms with van der Waals surface area (Å²) in [4.78, 5) is 0. The number of hydrogen-bond acceptors (Lipinski definition) is 7. The zero-order chi connectivity index (χ0) is 21.4. The molecular formula is C21H22ClN7O2. The van der Waals surface area contributed by atoms with Crippen LogP contribution in [-0.4, -0.2) is 48.7 Å². The maximum atomic E-state index is 5.95. The number of aromatic nitrogens is 7. The fourth-order valence-corrected chi connectivity index (χ4v) is 3.97. The first-order chi connectivity index (χ1) is 15.1. The van der Waals surface area contributed by atoms with E-state index in [4.69, 9.17) is 21.1 Å². The van der Waals surface area contributed by atoms with E-state index in [0.717, 1.165) is 59.5 Å². The van der Waals surface area contributed by atoms with E-state index in [2.05, 4.69) is 25.6 Å². The molecule has 0 aliphatic carbocycles. The van der Waals surface area contributed by atoms with Crippen molar-refractivity contribution < 1.29 is 9.47 Å². The number of rotatable bonds is 5. The molecule has 0 amide bonds. The molecule has 0 bridgehead atoms. The Kier molecular flexibility index (Phi) is 5.29. The molecule has 1 fully saturated rings. The minimum absolute atomic E-state index is 0.0645. The SMILES string of the molecule is COc1cc(-c2cn(C(C)c3ccc(Cl)nn3)nn2)c2cnn(C3CCCCO3)c2c1.